The summed E-state index contributed by atoms with van der Waals surface area (Å²) in [5.41, 5.74) is 1.99. The number of urea groups is 1. The first-order valence-corrected chi connectivity index (χ1v) is 8.48. The van der Waals surface area contributed by atoms with Crippen LogP contribution in [-0.4, -0.2) is 40.9 Å². The molecule has 0 saturated carbocycles. The number of carbonyl (C=O) groups is 1. The van der Waals surface area contributed by atoms with Gasteiger partial charge in [0.05, 0.1) is 0 Å². The van der Waals surface area contributed by atoms with Gasteiger partial charge in [0.25, 0.3) is 0 Å². The van der Waals surface area contributed by atoms with Gasteiger partial charge in [-0.2, -0.15) is 0 Å². The van der Waals surface area contributed by atoms with Crippen molar-refractivity contribution in [1.82, 2.24) is 5.32 Å². The van der Waals surface area contributed by atoms with Gasteiger partial charge in [-0.15, -0.1) is 0 Å². The van der Waals surface area contributed by atoms with E-state index in [1.165, 1.54) is 0 Å². The molecule has 1 aromatic carbocycles. The van der Waals surface area contributed by atoms with E-state index in [0.717, 1.165) is 42.3 Å². The number of rotatable bonds is 3. The van der Waals surface area contributed by atoms with E-state index >= 15 is 0 Å². The maximum absolute atomic E-state index is 11.6. The van der Waals surface area contributed by atoms with Gasteiger partial charge in [0.2, 0.25) is 0 Å². The molecular weight excluding hydrogens is 274 g/mol. The molecule has 2 amide bonds. The Morgan fingerprint density at radius 3 is 2.50 bits per heavy atom. The lowest BCUT2D eigenvalue weighted by Crippen LogP contribution is -2.29. The fraction of sp³-hybridized carbons (Fsp3) is 0.500. The van der Waals surface area contributed by atoms with Gasteiger partial charge in [0.15, 0.2) is 0 Å². The maximum atomic E-state index is 11.6. The molecule has 2 aliphatic heterocycles. The average molecular weight is 293 g/mol. The Hall–Kier alpha value is -1.56. The molecule has 2 saturated heterocycles. The zero-order valence-electron chi connectivity index (χ0n) is 11.3. The van der Waals surface area contributed by atoms with E-state index in [4.69, 9.17) is 0 Å². The first kappa shape index (κ1) is 13.4. The molecule has 2 aliphatic rings. The van der Waals surface area contributed by atoms with Crippen molar-refractivity contribution < 1.29 is 9.00 Å². The minimum Gasteiger partial charge on any atom is -0.382 e. The van der Waals surface area contributed by atoms with E-state index in [0.29, 0.717) is 12.6 Å². The van der Waals surface area contributed by atoms with Gasteiger partial charge in [-0.1, -0.05) is 0 Å². The van der Waals surface area contributed by atoms with E-state index in [2.05, 4.69) is 10.6 Å². The Morgan fingerprint density at radius 1 is 1.20 bits per heavy atom. The summed E-state index contributed by atoms with van der Waals surface area (Å²) >= 11 is 0. The molecule has 1 aromatic rings. The predicted molar refractivity (Wildman–Crippen MR) is 81.7 cm³/mol. The van der Waals surface area contributed by atoms with Crippen LogP contribution in [0.4, 0.5) is 16.2 Å². The highest BCUT2D eigenvalue weighted by molar-refractivity contribution is 7.85. The van der Waals surface area contributed by atoms with Crippen LogP contribution < -0.4 is 15.5 Å². The summed E-state index contributed by atoms with van der Waals surface area (Å²) in [6.07, 6.45) is 1.92. The molecule has 2 N–H and O–H groups in total. The second kappa shape index (κ2) is 5.83. The van der Waals surface area contributed by atoms with Gasteiger partial charge in [-0.3, -0.25) is 9.11 Å². The van der Waals surface area contributed by atoms with Crippen molar-refractivity contribution in [3.8, 4) is 0 Å². The standard InChI is InChI=1S/C14H19N3O2S/c18-14-15-7-8-17(14)13-3-1-11(2-4-13)16-12-5-9-20(19)10-6-12/h1-4,12,16H,5-10H2,(H,15,18). The van der Waals surface area contributed by atoms with E-state index in [1.807, 2.05) is 24.3 Å². The van der Waals surface area contributed by atoms with Gasteiger partial charge < -0.3 is 10.6 Å². The maximum Gasteiger partial charge on any atom is 0.321 e. The van der Waals surface area contributed by atoms with Crippen molar-refractivity contribution in [3.05, 3.63) is 24.3 Å². The Bertz CT molecular complexity index is 508. The molecule has 0 bridgehead atoms. The van der Waals surface area contributed by atoms with Crippen molar-refractivity contribution in [3.63, 3.8) is 0 Å². The normalized spacial score (nSPS) is 26.4. The first-order valence-electron chi connectivity index (χ1n) is 6.99. The summed E-state index contributed by atoms with van der Waals surface area (Å²) < 4.78 is 11.3. The zero-order valence-corrected chi connectivity index (χ0v) is 12.1. The highest BCUT2D eigenvalue weighted by Crippen LogP contribution is 2.21. The Kier molecular flexibility index (Phi) is 3.91. The largest absolute Gasteiger partial charge is 0.382 e. The van der Waals surface area contributed by atoms with Crippen LogP contribution in [0.15, 0.2) is 24.3 Å². The molecule has 0 atom stereocenters. The second-order valence-electron chi connectivity index (χ2n) is 5.20. The van der Waals surface area contributed by atoms with E-state index in [-0.39, 0.29) is 6.03 Å². The fourth-order valence-corrected chi connectivity index (χ4v) is 3.93. The summed E-state index contributed by atoms with van der Waals surface area (Å²) in [6.45, 7) is 1.43. The smallest absolute Gasteiger partial charge is 0.321 e. The molecule has 0 aromatic heterocycles. The van der Waals surface area contributed by atoms with Crippen molar-refractivity contribution in [2.24, 2.45) is 0 Å². The van der Waals surface area contributed by atoms with Crippen molar-refractivity contribution in [2.75, 3.05) is 34.8 Å². The third-order valence-corrected chi connectivity index (χ3v) is 5.18. The van der Waals surface area contributed by atoms with Gasteiger partial charge in [-0.25, -0.2) is 4.79 Å². The molecule has 5 nitrogen and oxygen atoms in total. The molecule has 0 aliphatic carbocycles. The first-order chi connectivity index (χ1) is 9.72. The summed E-state index contributed by atoms with van der Waals surface area (Å²) in [7, 11) is -0.619. The van der Waals surface area contributed by atoms with E-state index < -0.39 is 10.8 Å². The lowest BCUT2D eigenvalue weighted by Gasteiger charge is -2.24. The van der Waals surface area contributed by atoms with Crippen LogP contribution in [0.3, 0.4) is 0 Å². The number of anilines is 2. The molecule has 20 heavy (non-hydrogen) atoms. The van der Waals surface area contributed by atoms with Gasteiger partial charge in [0.1, 0.15) is 0 Å². The molecule has 0 radical (unpaired) electrons. The number of hydrogen-bond donors (Lipinski definition) is 2. The SMILES string of the molecule is O=C1NCCN1c1ccc(NC2CCS(=O)CC2)cc1. The number of hydrogen-bond acceptors (Lipinski definition) is 3. The lowest BCUT2D eigenvalue weighted by atomic mass is 10.1. The topological polar surface area (TPSA) is 61.4 Å². The minimum atomic E-state index is -0.619. The highest BCUT2D eigenvalue weighted by Gasteiger charge is 2.21. The van der Waals surface area contributed by atoms with Crippen LogP contribution in [0, 0.1) is 0 Å². The third kappa shape index (κ3) is 2.95. The second-order valence-corrected chi connectivity index (χ2v) is 6.89. The minimum absolute atomic E-state index is 0.0273. The summed E-state index contributed by atoms with van der Waals surface area (Å²) in [6, 6.07) is 8.33. The van der Waals surface area contributed by atoms with Crippen molar-refractivity contribution in [1.29, 1.82) is 0 Å². The summed E-state index contributed by atoms with van der Waals surface area (Å²) in [5.74, 6) is 1.59. The number of benzene rings is 1. The Labute approximate surface area is 121 Å². The number of nitrogens with zero attached hydrogens (tertiary/aromatic N) is 1. The molecular formula is C14H19N3O2S. The molecule has 0 spiro atoms. The highest BCUT2D eigenvalue weighted by atomic mass is 32.2. The molecule has 0 unspecified atom stereocenters. The lowest BCUT2D eigenvalue weighted by molar-refractivity contribution is 0.252. The molecule has 2 heterocycles. The molecule has 2 fully saturated rings. The molecule has 108 valence electrons. The molecule has 3 rings (SSSR count). The molecule has 6 heteroatoms. The van der Waals surface area contributed by atoms with Gasteiger partial charge in [0, 0.05) is 52.8 Å². The van der Waals surface area contributed by atoms with Crippen LogP contribution in [0.1, 0.15) is 12.8 Å². The number of amides is 2. The van der Waals surface area contributed by atoms with Crippen LogP contribution in [0.2, 0.25) is 0 Å². The van der Waals surface area contributed by atoms with E-state index in [9.17, 15) is 9.00 Å². The third-order valence-electron chi connectivity index (χ3n) is 3.79. The number of nitrogens with one attached hydrogen (secondary N) is 2. The van der Waals surface area contributed by atoms with Crippen LogP contribution in [0.5, 0.6) is 0 Å². The van der Waals surface area contributed by atoms with Crippen LogP contribution >= 0.6 is 0 Å². The average Bonchev–Trinajstić information content (AvgIpc) is 2.89. The monoisotopic (exact) mass is 293 g/mol. The van der Waals surface area contributed by atoms with Crippen LogP contribution in [-0.2, 0) is 10.8 Å². The summed E-state index contributed by atoms with van der Waals surface area (Å²) in [5, 5.41) is 6.27. The fourth-order valence-electron chi connectivity index (χ4n) is 2.63. The number of carbonyl (C=O) groups excluding carboxylic acids is 1. The van der Waals surface area contributed by atoms with Crippen LogP contribution in [0.25, 0.3) is 0 Å². The Balaban J connectivity index is 1.61. The predicted octanol–water partition coefficient (Wildman–Crippen LogP) is 1.54. The van der Waals surface area contributed by atoms with Crippen molar-refractivity contribution in [2.45, 2.75) is 18.9 Å². The quantitative estimate of drug-likeness (QED) is 0.888. The van der Waals surface area contributed by atoms with Crippen molar-refractivity contribution >= 4 is 28.2 Å². The van der Waals surface area contributed by atoms with E-state index in [1.54, 1.807) is 4.90 Å². The Morgan fingerprint density at radius 2 is 1.90 bits per heavy atom. The van der Waals surface area contributed by atoms with Gasteiger partial charge in [-0.05, 0) is 37.1 Å². The van der Waals surface area contributed by atoms with Gasteiger partial charge >= 0.3 is 6.03 Å². The summed E-state index contributed by atoms with van der Waals surface area (Å²) in [4.78, 5) is 13.3. The zero-order chi connectivity index (χ0) is 13.9.